The lowest BCUT2D eigenvalue weighted by molar-refractivity contribution is 0.660. The molecule has 0 amide bonds. The van der Waals surface area contributed by atoms with E-state index >= 15 is 0 Å². The van der Waals surface area contributed by atoms with Gasteiger partial charge in [0.25, 0.3) is 0 Å². The summed E-state index contributed by atoms with van der Waals surface area (Å²) in [5, 5.41) is 5.22. The third-order valence-electron chi connectivity index (χ3n) is 12.5. The van der Waals surface area contributed by atoms with Gasteiger partial charge in [-0.05, 0) is 110 Å². The number of hydrogen-bond donors (Lipinski definition) is 0. The van der Waals surface area contributed by atoms with Crippen LogP contribution in [-0.2, 0) is 10.8 Å². The minimum Gasteiger partial charge on any atom is -0.310 e. The number of benzene rings is 8. The number of fused-ring (bicyclic) bond motifs is 11. The molecule has 0 radical (unpaired) electrons. The summed E-state index contributed by atoms with van der Waals surface area (Å²) < 4.78 is 2.65. The Morgan fingerprint density at radius 2 is 0.870 bits per heavy atom. The number of hydrogen-bond acceptors (Lipinski definition) is 2. The Labute approximate surface area is 320 Å². The SMILES string of the molecule is CC1(C)c2ccccc2-c2ccc(N(c3ccc4c(c3)C(C)(C)c3ccccc3-4)c3ccc4sc5c6ccccc6c(-c6ccccc6)cc5c4c3)cc21. The van der Waals surface area contributed by atoms with Crippen LogP contribution in [0.3, 0.4) is 0 Å². The van der Waals surface area contributed by atoms with Crippen molar-refractivity contribution in [3.8, 4) is 33.4 Å². The summed E-state index contributed by atoms with van der Waals surface area (Å²) in [4.78, 5) is 2.50. The fourth-order valence-corrected chi connectivity index (χ4v) is 10.9. The van der Waals surface area contributed by atoms with Crippen molar-refractivity contribution in [3.63, 3.8) is 0 Å². The van der Waals surface area contributed by atoms with E-state index in [4.69, 9.17) is 0 Å². The van der Waals surface area contributed by atoms with Crippen molar-refractivity contribution >= 4 is 59.3 Å². The summed E-state index contributed by atoms with van der Waals surface area (Å²) in [7, 11) is 0. The quantitative estimate of drug-likeness (QED) is 0.176. The Bertz CT molecular complexity index is 2890. The molecule has 1 aromatic heterocycles. The third kappa shape index (κ3) is 4.38. The molecule has 2 aliphatic rings. The monoisotopic (exact) mass is 709 g/mol. The van der Waals surface area contributed by atoms with Gasteiger partial charge in [0.2, 0.25) is 0 Å². The lowest BCUT2D eigenvalue weighted by Gasteiger charge is -2.30. The molecule has 2 heteroatoms. The van der Waals surface area contributed by atoms with Crippen LogP contribution in [0.25, 0.3) is 64.3 Å². The predicted octanol–water partition coefficient (Wildman–Crippen LogP) is 15.0. The molecule has 11 rings (SSSR count). The van der Waals surface area contributed by atoms with Crippen molar-refractivity contribution in [2.24, 2.45) is 0 Å². The average molecular weight is 710 g/mol. The zero-order chi connectivity index (χ0) is 36.3. The highest BCUT2D eigenvalue weighted by molar-refractivity contribution is 7.26. The fraction of sp³-hybridized carbons (Fsp3) is 0.115. The predicted molar refractivity (Wildman–Crippen MR) is 232 cm³/mol. The minimum absolute atomic E-state index is 0.0996. The van der Waals surface area contributed by atoms with E-state index in [1.165, 1.54) is 98.0 Å². The van der Waals surface area contributed by atoms with Gasteiger partial charge < -0.3 is 4.90 Å². The molecule has 258 valence electrons. The Morgan fingerprint density at radius 1 is 0.370 bits per heavy atom. The van der Waals surface area contributed by atoms with Crippen LogP contribution < -0.4 is 4.90 Å². The molecule has 0 fully saturated rings. The molecule has 0 N–H and O–H groups in total. The second kappa shape index (κ2) is 11.3. The van der Waals surface area contributed by atoms with E-state index in [9.17, 15) is 0 Å². The molecule has 0 spiro atoms. The van der Waals surface area contributed by atoms with Gasteiger partial charge in [-0.1, -0.05) is 143 Å². The largest absolute Gasteiger partial charge is 0.310 e. The van der Waals surface area contributed by atoms with Gasteiger partial charge in [-0.2, -0.15) is 0 Å². The second-order valence-corrected chi connectivity index (χ2v) is 17.2. The highest BCUT2D eigenvalue weighted by atomic mass is 32.1. The molecule has 9 aromatic rings. The van der Waals surface area contributed by atoms with Crippen LogP contribution in [0.5, 0.6) is 0 Å². The van der Waals surface area contributed by atoms with Crippen LogP contribution in [0.4, 0.5) is 17.1 Å². The lowest BCUT2D eigenvalue weighted by atomic mass is 9.82. The minimum atomic E-state index is -0.0996. The molecule has 0 unspecified atom stereocenters. The van der Waals surface area contributed by atoms with Gasteiger partial charge in [0.05, 0.1) is 0 Å². The van der Waals surface area contributed by atoms with Crippen LogP contribution in [-0.4, -0.2) is 0 Å². The van der Waals surface area contributed by atoms with Crippen LogP contribution >= 0.6 is 11.3 Å². The summed E-state index contributed by atoms with van der Waals surface area (Å²) in [6.07, 6.45) is 0. The molecule has 0 saturated carbocycles. The van der Waals surface area contributed by atoms with Crippen molar-refractivity contribution in [3.05, 3.63) is 186 Å². The third-order valence-corrected chi connectivity index (χ3v) is 13.7. The second-order valence-electron chi connectivity index (χ2n) is 16.1. The van der Waals surface area contributed by atoms with E-state index in [1.807, 2.05) is 11.3 Å². The van der Waals surface area contributed by atoms with Crippen molar-refractivity contribution in [2.75, 3.05) is 4.90 Å². The van der Waals surface area contributed by atoms with Crippen LogP contribution in [0, 0.1) is 0 Å². The van der Waals surface area contributed by atoms with Crippen molar-refractivity contribution in [2.45, 2.75) is 38.5 Å². The molecular weight excluding hydrogens is 671 g/mol. The first kappa shape index (κ1) is 31.6. The Morgan fingerprint density at radius 3 is 1.50 bits per heavy atom. The molecule has 54 heavy (non-hydrogen) atoms. The summed E-state index contributed by atoms with van der Waals surface area (Å²) >= 11 is 1.91. The molecule has 0 bridgehead atoms. The van der Waals surface area contributed by atoms with Gasteiger partial charge in [0, 0.05) is 53.5 Å². The van der Waals surface area contributed by atoms with Gasteiger partial charge in [-0.25, -0.2) is 0 Å². The van der Waals surface area contributed by atoms with E-state index in [2.05, 4.69) is 196 Å². The molecule has 0 atom stereocenters. The first-order valence-corrected chi connectivity index (χ1v) is 19.8. The van der Waals surface area contributed by atoms with E-state index in [-0.39, 0.29) is 10.8 Å². The number of thiophene rings is 1. The molecule has 1 nitrogen and oxygen atoms in total. The van der Waals surface area contributed by atoms with E-state index < -0.39 is 0 Å². The Balaban J connectivity index is 1.15. The molecule has 8 aromatic carbocycles. The van der Waals surface area contributed by atoms with Crippen LogP contribution in [0.2, 0.25) is 0 Å². The summed E-state index contributed by atoms with van der Waals surface area (Å²) in [5.41, 5.74) is 16.8. The van der Waals surface area contributed by atoms with Crippen molar-refractivity contribution in [1.82, 2.24) is 0 Å². The van der Waals surface area contributed by atoms with Gasteiger partial charge in [-0.3, -0.25) is 0 Å². The number of rotatable bonds is 4. The standard InChI is InChI=1S/C52H39NS/c1-51(2)45-20-12-10-17-37(45)39-25-22-34(29-47(39)51)53(35-23-26-40-38-18-11-13-21-46(38)52(3,4)48(40)30-35)33-24-27-49-43(28-33)44-31-42(32-14-6-5-7-15-32)36-16-8-9-19-41(36)50(44)54-49/h5-31H,1-4H3. The van der Waals surface area contributed by atoms with E-state index in [0.717, 1.165) is 5.69 Å². The highest BCUT2D eigenvalue weighted by Gasteiger charge is 2.37. The summed E-state index contributed by atoms with van der Waals surface area (Å²) in [6, 6.07) is 61.5. The van der Waals surface area contributed by atoms with Gasteiger partial charge in [0.15, 0.2) is 0 Å². The summed E-state index contributed by atoms with van der Waals surface area (Å²) in [5.74, 6) is 0. The molecule has 1 heterocycles. The van der Waals surface area contributed by atoms with Gasteiger partial charge in [0.1, 0.15) is 0 Å². The maximum atomic E-state index is 2.50. The maximum Gasteiger partial charge on any atom is 0.0468 e. The number of anilines is 3. The zero-order valence-electron chi connectivity index (χ0n) is 30.9. The zero-order valence-corrected chi connectivity index (χ0v) is 31.8. The van der Waals surface area contributed by atoms with Crippen molar-refractivity contribution < 1.29 is 0 Å². The first-order chi connectivity index (χ1) is 26.3. The maximum absolute atomic E-state index is 2.50. The first-order valence-electron chi connectivity index (χ1n) is 19.0. The molecule has 0 aliphatic heterocycles. The normalized spacial score (nSPS) is 14.6. The smallest absolute Gasteiger partial charge is 0.0468 e. The van der Waals surface area contributed by atoms with Gasteiger partial charge in [-0.15, -0.1) is 11.3 Å². The topological polar surface area (TPSA) is 3.24 Å². The van der Waals surface area contributed by atoms with E-state index in [1.54, 1.807) is 0 Å². The molecule has 2 aliphatic carbocycles. The fourth-order valence-electron chi connectivity index (χ4n) is 9.69. The van der Waals surface area contributed by atoms with E-state index in [0.29, 0.717) is 0 Å². The van der Waals surface area contributed by atoms with Gasteiger partial charge >= 0.3 is 0 Å². The lowest BCUT2D eigenvalue weighted by Crippen LogP contribution is -2.18. The van der Waals surface area contributed by atoms with Crippen LogP contribution in [0.15, 0.2) is 164 Å². The average Bonchev–Trinajstić information content (AvgIpc) is 3.77. The summed E-state index contributed by atoms with van der Waals surface area (Å²) in [6.45, 7) is 9.50. The molecule has 0 saturated heterocycles. The van der Waals surface area contributed by atoms with Crippen molar-refractivity contribution in [1.29, 1.82) is 0 Å². The molecular formula is C52H39NS. The number of nitrogens with zero attached hydrogens (tertiary/aromatic N) is 1. The highest BCUT2D eigenvalue weighted by Crippen LogP contribution is 2.53. The van der Waals surface area contributed by atoms with Crippen LogP contribution in [0.1, 0.15) is 49.9 Å². The Hall–Kier alpha value is -5.96. The Kier molecular flexibility index (Phi) is 6.59.